The van der Waals surface area contributed by atoms with Gasteiger partial charge < -0.3 is 35.4 Å². The van der Waals surface area contributed by atoms with Crippen molar-refractivity contribution in [2.75, 3.05) is 42.3 Å². The molecule has 3 heterocycles. The van der Waals surface area contributed by atoms with Crippen molar-refractivity contribution in [1.29, 1.82) is 10.5 Å². The number of alkyl carbamates (subject to hydrolysis) is 1. The number of hydrogen-bond acceptors (Lipinski definition) is 12. The van der Waals surface area contributed by atoms with Gasteiger partial charge in [0, 0.05) is 19.6 Å². The monoisotopic (exact) mass is 590 g/mol. The molecule has 1 aliphatic heterocycles. The Labute approximate surface area is 232 Å². The van der Waals surface area contributed by atoms with E-state index in [9.17, 15) is 29.7 Å². The maximum atomic E-state index is 11.8. The maximum absolute atomic E-state index is 11.8. The molecule has 4 rings (SSSR count). The second-order valence-corrected chi connectivity index (χ2v) is 10.1. The van der Waals surface area contributed by atoms with Crippen LogP contribution in [0.2, 0.25) is 5.02 Å². The minimum Gasteiger partial charge on any atom is -0.453 e. The van der Waals surface area contributed by atoms with E-state index >= 15 is 0 Å². The Morgan fingerprint density at radius 2 is 2.10 bits per heavy atom. The lowest BCUT2D eigenvalue weighted by Crippen LogP contribution is -2.55. The standard InChI is InChI=1S/C22H24ClN10O6P/c1-3-26-19-20-27-10-13(9-25)33(20)31-21(30-19)28-15-6-12(8-24)7-16(18(15)23)32-5-4-14(29-22(34)38-2)17(11-32)39-40(35,36)37/h6-7,10,14,17H,3-5,11H2,1-2H3,(H,29,34)(H2,35,36,37)(H2,26,28,30,31)/t14-,17-/m0/s1. The molecule has 5 N–H and O–H groups in total. The maximum Gasteiger partial charge on any atom is 0.469 e. The molecule has 1 amide bonds. The molecule has 40 heavy (non-hydrogen) atoms. The highest BCUT2D eigenvalue weighted by Gasteiger charge is 2.37. The highest BCUT2D eigenvalue weighted by molar-refractivity contribution is 7.46. The zero-order valence-corrected chi connectivity index (χ0v) is 22.8. The first kappa shape index (κ1) is 28.8. The van der Waals surface area contributed by atoms with Gasteiger partial charge in [-0.3, -0.25) is 4.52 Å². The van der Waals surface area contributed by atoms with Crippen LogP contribution in [0.4, 0.5) is 27.9 Å². The molecule has 1 fully saturated rings. The number of halogens is 1. The van der Waals surface area contributed by atoms with Crippen LogP contribution in [0.1, 0.15) is 24.6 Å². The molecule has 2 aromatic heterocycles. The fraction of sp³-hybridized carbons (Fsp3) is 0.364. The molecule has 0 unspecified atom stereocenters. The summed E-state index contributed by atoms with van der Waals surface area (Å²) in [6.45, 7) is 2.60. The van der Waals surface area contributed by atoms with Crippen molar-refractivity contribution in [1.82, 2.24) is 24.9 Å². The van der Waals surface area contributed by atoms with Crippen LogP contribution in [0.5, 0.6) is 0 Å². The van der Waals surface area contributed by atoms with E-state index in [1.54, 1.807) is 4.90 Å². The molecular formula is C22H24ClN10O6P. The number of hydrogen-bond donors (Lipinski definition) is 5. The highest BCUT2D eigenvalue weighted by atomic mass is 35.5. The summed E-state index contributed by atoms with van der Waals surface area (Å²) in [6.07, 6.45) is -0.324. The fourth-order valence-corrected chi connectivity index (χ4v) is 5.05. The number of aromatic nitrogens is 4. The van der Waals surface area contributed by atoms with Crippen LogP contribution in [0.15, 0.2) is 18.3 Å². The molecule has 18 heteroatoms. The lowest BCUT2D eigenvalue weighted by molar-refractivity contribution is 0.0874. The van der Waals surface area contributed by atoms with Gasteiger partial charge in [-0.05, 0) is 25.5 Å². The number of fused-ring (bicyclic) bond motifs is 1. The fourth-order valence-electron chi connectivity index (χ4n) is 4.21. The summed E-state index contributed by atoms with van der Waals surface area (Å²) < 4.78 is 22.5. The third-order valence-electron chi connectivity index (χ3n) is 5.91. The molecule has 0 spiro atoms. The number of phosphoric ester groups is 1. The van der Waals surface area contributed by atoms with Crippen molar-refractivity contribution < 1.29 is 28.4 Å². The first-order valence-corrected chi connectivity index (χ1v) is 13.7. The van der Waals surface area contributed by atoms with Crippen molar-refractivity contribution in [3.8, 4) is 12.1 Å². The van der Waals surface area contributed by atoms with Crippen molar-refractivity contribution in [3.63, 3.8) is 0 Å². The minimum atomic E-state index is -4.93. The number of carbonyl (C=O) groups is 1. The number of carbonyl (C=O) groups excluding carboxylic acids is 1. The van der Waals surface area contributed by atoms with E-state index in [-0.39, 0.29) is 47.4 Å². The van der Waals surface area contributed by atoms with E-state index in [0.717, 1.165) is 0 Å². The SMILES string of the molecule is CCNc1nc(Nc2cc(C#N)cc(N3CC[C@H](NC(=O)OC)[C@@H](OP(=O)(O)O)C3)c2Cl)nn2c(C#N)cnc12. The number of benzene rings is 1. The van der Waals surface area contributed by atoms with Crippen molar-refractivity contribution in [2.45, 2.75) is 25.5 Å². The summed E-state index contributed by atoms with van der Waals surface area (Å²) in [5, 5.41) is 32.2. The molecular weight excluding hydrogens is 567 g/mol. The number of anilines is 4. The normalized spacial score (nSPS) is 17.1. The van der Waals surface area contributed by atoms with Crippen LogP contribution >= 0.6 is 19.4 Å². The van der Waals surface area contributed by atoms with Gasteiger partial charge in [0.05, 0.1) is 47.4 Å². The van der Waals surface area contributed by atoms with E-state index in [0.29, 0.717) is 23.7 Å². The van der Waals surface area contributed by atoms with Gasteiger partial charge in [0.1, 0.15) is 12.2 Å². The highest BCUT2D eigenvalue weighted by Crippen LogP contribution is 2.42. The average molecular weight is 591 g/mol. The van der Waals surface area contributed by atoms with E-state index < -0.39 is 26.1 Å². The summed E-state index contributed by atoms with van der Waals surface area (Å²) in [6, 6.07) is 6.32. The largest absolute Gasteiger partial charge is 0.469 e. The first-order chi connectivity index (χ1) is 19.1. The number of piperidine rings is 1. The lowest BCUT2D eigenvalue weighted by Gasteiger charge is -2.39. The number of nitrogens with zero attached hydrogens (tertiary/aromatic N) is 7. The van der Waals surface area contributed by atoms with Gasteiger partial charge in [0.25, 0.3) is 0 Å². The number of imidazole rings is 1. The number of rotatable bonds is 8. The Morgan fingerprint density at radius 1 is 1.32 bits per heavy atom. The number of amides is 1. The summed E-state index contributed by atoms with van der Waals surface area (Å²) >= 11 is 6.76. The average Bonchev–Trinajstić information content (AvgIpc) is 3.33. The quantitative estimate of drug-likeness (QED) is 0.237. The molecule has 3 aromatic rings. The summed E-state index contributed by atoms with van der Waals surface area (Å²) in [7, 11) is -3.76. The first-order valence-electron chi connectivity index (χ1n) is 11.8. The van der Waals surface area contributed by atoms with Crippen molar-refractivity contribution in [3.05, 3.63) is 34.6 Å². The lowest BCUT2D eigenvalue weighted by atomic mass is 10.0. The number of methoxy groups -OCH3 is 1. The molecule has 1 aliphatic rings. The summed E-state index contributed by atoms with van der Waals surface area (Å²) in [5.74, 6) is 0.427. The zero-order valence-electron chi connectivity index (χ0n) is 21.2. The van der Waals surface area contributed by atoms with Crippen LogP contribution in [0.3, 0.4) is 0 Å². The van der Waals surface area contributed by atoms with Crippen LogP contribution in [-0.2, 0) is 13.8 Å². The third-order valence-corrected chi connectivity index (χ3v) is 6.85. The van der Waals surface area contributed by atoms with Gasteiger partial charge in [0.15, 0.2) is 17.2 Å². The molecule has 210 valence electrons. The molecule has 16 nitrogen and oxygen atoms in total. The summed E-state index contributed by atoms with van der Waals surface area (Å²) in [5.41, 5.74) is 1.38. The van der Waals surface area contributed by atoms with Crippen LogP contribution < -0.4 is 20.9 Å². The smallest absolute Gasteiger partial charge is 0.453 e. The molecule has 1 saturated heterocycles. The number of nitriles is 2. The van der Waals surface area contributed by atoms with Gasteiger partial charge in [0.2, 0.25) is 5.95 Å². The van der Waals surface area contributed by atoms with E-state index in [1.165, 1.54) is 30.0 Å². The Balaban J connectivity index is 1.69. The van der Waals surface area contributed by atoms with Crippen molar-refractivity contribution in [2.24, 2.45) is 0 Å². The van der Waals surface area contributed by atoms with Crippen LogP contribution in [0.25, 0.3) is 5.65 Å². The predicted octanol–water partition coefficient (Wildman–Crippen LogP) is 2.11. The van der Waals surface area contributed by atoms with E-state index in [2.05, 4.69) is 41.8 Å². The Bertz CT molecular complexity index is 1560. The van der Waals surface area contributed by atoms with Crippen LogP contribution in [-0.4, -0.2) is 74.4 Å². The van der Waals surface area contributed by atoms with Gasteiger partial charge in [-0.2, -0.15) is 20.0 Å². The third kappa shape index (κ3) is 6.34. The predicted molar refractivity (Wildman–Crippen MR) is 142 cm³/mol. The molecule has 0 bridgehead atoms. The Kier molecular flexibility index (Phi) is 8.58. The topological polar surface area (TPSA) is 223 Å². The minimum absolute atomic E-state index is 0.0598. The van der Waals surface area contributed by atoms with Gasteiger partial charge in [-0.15, -0.1) is 5.10 Å². The van der Waals surface area contributed by atoms with Gasteiger partial charge >= 0.3 is 13.9 Å². The second-order valence-electron chi connectivity index (χ2n) is 8.51. The zero-order chi connectivity index (χ0) is 29.0. The molecule has 1 aromatic carbocycles. The van der Waals surface area contributed by atoms with Crippen molar-refractivity contribution >= 4 is 54.3 Å². The molecule has 0 radical (unpaired) electrons. The summed E-state index contributed by atoms with van der Waals surface area (Å²) in [4.78, 5) is 40.9. The number of phosphoric acid groups is 1. The molecule has 0 saturated carbocycles. The second kappa shape index (κ2) is 11.9. The van der Waals surface area contributed by atoms with Gasteiger partial charge in [-0.1, -0.05) is 11.6 Å². The Hall–Kier alpha value is -4.18. The van der Waals surface area contributed by atoms with Gasteiger partial charge in [-0.25, -0.2) is 14.3 Å². The van der Waals surface area contributed by atoms with E-state index in [1.807, 2.05) is 13.0 Å². The number of nitrogens with one attached hydrogen (secondary N) is 3. The Morgan fingerprint density at radius 3 is 2.75 bits per heavy atom. The van der Waals surface area contributed by atoms with E-state index in [4.69, 9.17) is 16.1 Å². The molecule has 2 atom stereocenters. The molecule has 0 aliphatic carbocycles. The number of ether oxygens (including phenoxy) is 1. The van der Waals surface area contributed by atoms with Crippen LogP contribution in [0, 0.1) is 22.7 Å².